The molecule has 1 aliphatic heterocycles. The number of hydrogen-bond donors (Lipinski definition) is 0. The minimum atomic E-state index is -0.794. The largest absolute Gasteiger partial charge is 0.475 e. The number of hydrogen-bond acceptors (Lipinski definition) is 2. The first kappa shape index (κ1) is 24.7. The average molecular weight is 472 g/mol. The molecule has 0 fully saturated rings. The molecule has 3 aromatic carbocycles. The van der Waals surface area contributed by atoms with Gasteiger partial charge < -0.3 is 4.74 Å². The van der Waals surface area contributed by atoms with Crippen molar-refractivity contribution in [2.45, 2.75) is 68.4 Å². The van der Waals surface area contributed by atoms with Crippen molar-refractivity contribution in [1.29, 1.82) is 0 Å². The van der Waals surface area contributed by atoms with E-state index in [2.05, 4.69) is 111 Å². The SMILES string of the molecule is Cc1cc(C)c(P(c2ccccc2C2=N[C@@H](C(C)(C)C)CO2)c2c(C)cc(C)cc2C)c(C)c1. The van der Waals surface area contributed by atoms with Gasteiger partial charge in [-0.15, -0.1) is 0 Å². The molecule has 1 aliphatic rings. The van der Waals surface area contributed by atoms with E-state index in [0.29, 0.717) is 6.61 Å². The molecule has 1 heterocycles. The number of benzene rings is 3. The van der Waals surface area contributed by atoms with Gasteiger partial charge in [-0.2, -0.15) is 0 Å². The maximum Gasteiger partial charge on any atom is 0.217 e. The van der Waals surface area contributed by atoms with Crippen LogP contribution in [0.3, 0.4) is 0 Å². The van der Waals surface area contributed by atoms with Crippen LogP contribution in [0, 0.1) is 47.0 Å². The van der Waals surface area contributed by atoms with Gasteiger partial charge in [0.15, 0.2) is 0 Å². The first-order valence-corrected chi connectivity index (χ1v) is 13.6. The van der Waals surface area contributed by atoms with Crippen LogP contribution in [0.4, 0.5) is 0 Å². The molecule has 0 N–H and O–H groups in total. The van der Waals surface area contributed by atoms with E-state index in [4.69, 9.17) is 9.73 Å². The normalized spacial score (nSPS) is 16.1. The number of nitrogens with zero attached hydrogens (tertiary/aromatic N) is 1. The van der Waals surface area contributed by atoms with Gasteiger partial charge in [0.05, 0.1) is 6.04 Å². The number of aliphatic imine (C=N–C) groups is 1. The Morgan fingerprint density at radius 3 is 1.68 bits per heavy atom. The smallest absolute Gasteiger partial charge is 0.217 e. The zero-order chi connectivity index (χ0) is 24.8. The van der Waals surface area contributed by atoms with E-state index in [1.807, 2.05) is 0 Å². The van der Waals surface area contributed by atoms with Crippen molar-refractivity contribution >= 4 is 29.7 Å². The molecule has 0 bridgehead atoms. The molecule has 3 aromatic rings. The molecule has 0 radical (unpaired) electrons. The second kappa shape index (κ2) is 9.31. The predicted octanol–water partition coefficient (Wildman–Crippen LogP) is 6.49. The fourth-order valence-corrected chi connectivity index (χ4v) is 8.24. The van der Waals surface area contributed by atoms with E-state index in [-0.39, 0.29) is 11.5 Å². The van der Waals surface area contributed by atoms with Gasteiger partial charge in [0.2, 0.25) is 5.90 Å². The van der Waals surface area contributed by atoms with Crippen LogP contribution >= 0.6 is 7.92 Å². The highest BCUT2D eigenvalue weighted by Gasteiger charge is 2.33. The lowest BCUT2D eigenvalue weighted by Gasteiger charge is -2.28. The summed E-state index contributed by atoms with van der Waals surface area (Å²) in [5.74, 6) is 0.799. The minimum absolute atomic E-state index is 0.0791. The average Bonchev–Trinajstić information content (AvgIpc) is 3.22. The summed E-state index contributed by atoms with van der Waals surface area (Å²) in [7, 11) is -0.794. The molecule has 0 saturated carbocycles. The quantitative estimate of drug-likeness (QED) is 0.399. The van der Waals surface area contributed by atoms with Gasteiger partial charge in [0.1, 0.15) is 6.61 Å². The monoisotopic (exact) mass is 471 g/mol. The Kier molecular flexibility index (Phi) is 6.76. The molecule has 0 saturated heterocycles. The summed E-state index contributed by atoms with van der Waals surface area (Å²) < 4.78 is 6.26. The van der Waals surface area contributed by atoms with Gasteiger partial charge in [-0.25, -0.2) is 4.99 Å². The van der Waals surface area contributed by atoms with E-state index in [1.165, 1.54) is 49.3 Å². The van der Waals surface area contributed by atoms with Crippen molar-refractivity contribution in [3.8, 4) is 0 Å². The molecule has 0 aromatic heterocycles. The third kappa shape index (κ3) is 4.71. The molecule has 34 heavy (non-hydrogen) atoms. The molecular weight excluding hydrogens is 433 g/mol. The molecule has 0 spiro atoms. The summed E-state index contributed by atoms with van der Waals surface area (Å²) in [5.41, 5.74) is 9.29. The third-order valence-electron chi connectivity index (χ3n) is 6.74. The van der Waals surface area contributed by atoms with Gasteiger partial charge in [0, 0.05) is 5.56 Å². The minimum Gasteiger partial charge on any atom is -0.475 e. The Morgan fingerprint density at radius 1 is 0.765 bits per heavy atom. The third-order valence-corrected chi connectivity index (χ3v) is 9.92. The van der Waals surface area contributed by atoms with Crippen LogP contribution in [0.2, 0.25) is 0 Å². The first-order valence-electron chi connectivity index (χ1n) is 12.2. The molecule has 3 heteroatoms. The van der Waals surface area contributed by atoms with Crippen molar-refractivity contribution in [2.75, 3.05) is 6.61 Å². The number of ether oxygens (including phenoxy) is 1. The van der Waals surface area contributed by atoms with E-state index in [9.17, 15) is 0 Å². The molecular formula is C31H38NOP. The highest BCUT2D eigenvalue weighted by atomic mass is 31.1. The molecule has 0 amide bonds. The highest BCUT2D eigenvalue weighted by molar-refractivity contribution is 7.80. The zero-order valence-electron chi connectivity index (χ0n) is 22.2. The Labute approximate surface area is 207 Å². The molecule has 2 nitrogen and oxygen atoms in total. The van der Waals surface area contributed by atoms with E-state index in [1.54, 1.807) is 0 Å². The van der Waals surface area contributed by atoms with Crippen molar-refractivity contribution in [3.63, 3.8) is 0 Å². The first-order chi connectivity index (χ1) is 16.0. The topological polar surface area (TPSA) is 21.6 Å². The number of aryl methyl sites for hydroxylation is 6. The summed E-state index contributed by atoms with van der Waals surface area (Å²) in [5, 5.41) is 4.24. The predicted molar refractivity (Wildman–Crippen MR) is 149 cm³/mol. The van der Waals surface area contributed by atoms with E-state index >= 15 is 0 Å². The van der Waals surface area contributed by atoms with Gasteiger partial charge >= 0.3 is 0 Å². The van der Waals surface area contributed by atoms with Crippen LogP contribution in [0.5, 0.6) is 0 Å². The fourth-order valence-electron chi connectivity index (χ4n) is 5.22. The van der Waals surface area contributed by atoms with Gasteiger partial charge in [-0.05, 0) is 99.1 Å². The maximum absolute atomic E-state index is 6.26. The van der Waals surface area contributed by atoms with Crippen molar-refractivity contribution in [1.82, 2.24) is 0 Å². The van der Waals surface area contributed by atoms with Gasteiger partial charge in [-0.1, -0.05) is 74.4 Å². The Morgan fingerprint density at radius 2 is 1.24 bits per heavy atom. The summed E-state index contributed by atoms with van der Waals surface area (Å²) >= 11 is 0. The summed E-state index contributed by atoms with van der Waals surface area (Å²) in [6.07, 6.45) is 0. The van der Waals surface area contributed by atoms with Crippen molar-refractivity contribution in [2.24, 2.45) is 10.4 Å². The van der Waals surface area contributed by atoms with Crippen LogP contribution in [-0.2, 0) is 4.74 Å². The van der Waals surface area contributed by atoms with Crippen LogP contribution in [-0.4, -0.2) is 18.5 Å². The van der Waals surface area contributed by atoms with Crippen LogP contribution in [0.1, 0.15) is 59.7 Å². The molecule has 0 unspecified atom stereocenters. The zero-order valence-corrected chi connectivity index (χ0v) is 23.1. The maximum atomic E-state index is 6.26. The second-order valence-corrected chi connectivity index (χ2v) is 13.0. The molecule has 0 aliphatic carbocycles. The van der Waals surface area contributed by atoms with E-state index in [0.717, 1.165) is 11.5 Å². The molecule has 4 rings (SSSR count). The van der Waals surface area contributed by atoms with Gasteiger partial charge in [0.25, 0.3) is 0 Å². The summed E-state index contributed by atoms with van der Waals surface area (Å²) in [6.45, 7) is 20.8. The summed E-state index contributed by atoms with van der Waals surface area (Å²) in [4.78, 5) is 5.08. The van der Waals surface area contributed by atoms with Crippen molar-refractivity contribution < 1.29 is 4.74 Å². The van der Waals surface area contributed by atoms with Gasteiger partial charge in [-0.3, -0.25) is 0 Å². The lowest BCUT2D eigenvalue weighted by atomic mass is 9.88. The van der Waals surface area contributed by atoms with E-state index < -0.39 is 7.92 Å². The molecule has 1 atom stereocenters. The van der Waals surface area contributed by atoms with Crippen molar-refractivity contribution in [3.05, 3.63) is 87.5 Å². The van der Waals surface area contributed by atoms with Crippen LogP contribution in [0.25, 0.3) is 0 Å². The fraction of sp³-hybridized carbons (Fsp3) is 0.387. The Bertz CT molecular complexity index is 1160. The lowest BCUT2D eigenvalue weighted by molar-refractivity contribution is 0.236. The lowest BCUT2D eigenvalue weighted by Crippen LogP contribution is -2.30. The molecule has 178 valence electrons. The Balaban J connectivity index is 2.00. The summed E-state index contributed by atoms with van der Waals surface area (Å²) in [6, 6.07) is 18.3. The second-order valence-electron chi connectivity index (χ2n) is 11.0. The van der Waals surface area contributed by atoms with Crippen LogP contribution in [0.15, 0.2) is 53.5 Å². The number of rotatable bonds is 4. The van der Waals surface area contributed by atoms with Crippen LogP contribution < -0.4 is 15.9 Å². The highest BCUT2D eigenvalue weighted by Crippen LogP contribution is 2.40. The standard InChI is InChI=1S/C31H38NOP/c1-19-14-21(3)28(22(4)15-19)34(29-23(5)16-20(2)17-24(29)6)26-13-11-10-12-25(26)30-32-27(18-33-30)31(7,8)9/h10-17,27H,18H2,1-9H3/t27-/m1/s1. The Hall–Kier alpha value is -2.44.